The van der Waals surface area contributed by atoms with Gasteiger partial charge in [-0.05, 0) is 24.3 Å². The monoisotopic (exact) mass is 273 g/mol. The summed E-state index contributed by atoms with van der Waals surface area (Å²) in [5.74, 6) is 0.634. The van der Waals surface area contributed by atoms with Gasteiger partial charge in [-0.15, -0.1) is 10.2 Å². The fraction of sp³-hybridized carbons (Fsp3) is 0. The maximum absolute atomic E-state index is 10.6. The first-order valence-corrected chi connectivity index (χ1v) is 5.50. The minimum atomic E-state index is -0.614. The van der Waals surface area contributed by atoms with Crippen LogP contribution in [-0.2, 0) is 0 Å². The number of nitro groups is 1. The lowest BCUT2D eigenvalue weighted by Crippen LogP contribution is -1.86. The van der Waals surface area contributed by atoms with Crippen LogP contribution < -0.4 is 0 Å². The first-order valence-electron chi connectivity index (χ1n) is 5.50. The molecule has 0 aliphatic rings. The topological polar surface area (TPSA) is 108 Å². The van der Waals surface area contributed by atoms with Gasteiger partial charge >= 0.3 is 5.88 Å². The summed E-state index contributed by atoms with van der Waals surface area (Å²) < 4.78 is 15.5. The van der Waals surface area contributed by atoms with E-state index in [-0.39, 0.29) is 17.5 Å². The van der Waals surface area contributed by atoms with Crippen molar-refractivity contribution in [2.75, 3.05) is 0 Å². The lowest BCUT2D eigenvalue weighted by atomic mass is 10.1. The Balaban J connectivity index is 2.05. The minimum Gasteiger partial charge on any atom is -0.464 e. The summed E-state index contributed by atoms with van der Waals surface area (Å²) in [6.45, 7) is 0. The SMILES string of the molecule is O=[N+]([O-])c1ccc(/C=C(\c2ccco2)c2nnco2)o1. The molecule has 20 heavy (non-hydrogen) atoms. The van der Waals surface area contributed by atoms with Crippen LogP contribution in [0.15, 0.2) is 50.2 Å². The highest BCUT2D eigenvalue weighted by molar-refractivity contribution is 5.85. The molecule has 8 nitrogen and oxygen atoms in total. The van der Waals surface area contributed by atoms with E-state index in [1.165, 1.54) is 30.9 Å². The van der Waals surface area contributed by atoms with Crippen molar-refractivity contribution in [1.29, 1.82) is 0 Å². The Labute approximate surface area is 111 Å². The average Bonchev–Trinajstić information content (AvgIpc) is 3.17. The molecular weight excluding hydrogens is 266 g/mol. The van der Waals surface area contributed by atoms with Crippen molar-refractivity contribution in [2.45, 2.75) is 0 Å². The molecule has 0 radical (unpaired) electrons. The van der Waals surface area contributed by atoms with E-state index in [9.17, 15) is 10.1 Å². The lowest BCUT2D eigenvalue weighted by Gasteiger charge is -1.97. The van der Waals surface area contributed by atoms with Gasteiger partial charge in [-0.25, -0.2) is 0 Å². The van der Waals surface area contributed by atoms with E-state index in [2.05, 4.69) is 10.2 Å². The number of rotatable bonds is 4. The summed E-state index contributed by atoms with van der Waals surface area (Å²) in [7, 11) is 0. The van der Waals surface area contributed by atoms with E-state index in [1.54, 1.807) is 12.1 Å². The van der Waals surface area contributed by atoms with Crippen LogP contribution in [0.2, 0.25) is 0 Å². The molecule has 3 rings (SSSR count). The van der Waals surface area contributed by atoms with E-state index in [0.29, 0.717) is 11.3 Å². The van der Waals surface area contributed by atoms with E-state index in [0.717, 1.165) is 0 Å². The zero-order chi connectivity index (χ0) is 13.9. The maximum atomic E-state index is 10.6. The second kappa shape index (κ2) is 4.84. The van der Waals surface area contributed by atoms with Crippen molar-refractivity contribution in [2.24, 2.45) is 0 Å². The molecule has 0 aromatic carbocycles. The number of aromatic nitrogens is 2. The summed E-state index contributed by atoms with van der Waals surface area (Å²) >= 11 is 0. The zero-order valence-corrected chi connectivity index (χ0v) is 9.92. The van der Waals surface area contributed by atoms with E-state index >= 15 is 0 Å². The molecule has 0 aliphatic heterocycles. The molecule has 0 saturated heterocycles. The van der Waals surface area contributed by atoms with Crippen molar-refractivity contribution in [1.82, 2.24) is 10.2 Å². The summed E-state index contributed by atoms with van der Waals surface area (Å²) in [6, 6.07) is 6.13. The first-order chi connectivity index (χ1) is 9.74. The van der Waals surface area contributed by atoms with E-state index < -0.39 is 4.92 Å². The van der Waals surface area contributed by atoms with Gasteiger partial charge in [0.15, 0.2) is 0 Å². The van der Waals surface area contributed by atoms with Gasteiger partial charge in [0.1, 0.15) is 16.4 Å². The molecule has 3 aromatic rings. The quantitative estimate of drug-likeness (QED) is 0.531. The highest BCUT2D eigenvalue weighted by atomic mass is 16.6. The molecule has 3 heterocycles. The third kappa shape index (κ3) is 2.21. The molecule has 3 aromatic heterocycles. The van der Waals surface area contributed by atoms with Gasteiger partial charge in [-0.3, -0.25) is 10.1 Å². The third-order valence-corrected chi connectivity index (χ3v) is 2.46. The summed E-state index contributed by atoms with van der Waals surface area (Å²) in [4.78, 5) is 9.97. The molecule has 0 aliphatic carbocycles. The Morgan fingerprint density at radius 3 is 2.80 bits per heavy atom. The molecule has 0 amide bonds. The van der Waals surface area contributed by atoms with Crippen LogP contribution >= 0.6 is 0 Å². The Bertz CT molecular complexity index is 704. The predicted molar refractivity (Wildman–Crippen MR) is 65.3 cm³/mol. The fourth-order valence-corrected chi connectivity index (χ4v) is 1.62. The second-order valence-electron chi connectivity index (χ2n) is 3.71. The lowest BCUT2D eigenvalue weighted by molar-refractivity contribution is -0.402. The average molecular weight is 273 g/mol. The number of furan rings is 2. The van der Waals surface area contributed by atoms with Crippen LogP contribution in [0.1, 0.15) is 17.4 Å². The van der Waals surface area contributed by atoms with Gasteiger partial charge < -0.3 is 13.3 Å². The smallest absolute Gasteiger partial charge is 0.433 e. The van der Waals surface area contributed by atoms with Crippen molar-refractivity contribution in [3.63, 3.8) is 0 Å². The summed E-state index contributed by atoms with van der Waals surface area (Å²) in [6.07, 6.45) is 4.19. The number of hydrogen-bond donors (Lipinski definition) is 0. The van der Waals surface area contributed by atoms with Gasteiger partial charge in [-0.1, -0.05) is 0 Å². The standard InChI is InChI=1S/C12H7N3O5/c16-15(17)11-4-3-8(20-11)6-9(10-2-1-5-18-10)12-14-13-7-19-12/h1-7H/b9-6+. The van der Waals surface area contributed by atoms with Gasteiger partial charge in [0.05, 0.1) is 17.9 Å². The number of hydrogen-bond acceptors (Lipinski definition) is 7. The van der Waals surface area contributed by atoms with Crippen LogP contribution in [0.25, 0.3) is 11.6 Å². The summed E-state index contributed by atoms with van der Waals surface area (Å²) in [5.41, 5.74) is 0.469. The van der Waals surface area contributed by atoms with Crippen molar-refractivity contribution in [3.8, 4) is 0 Å². The van der Waals surface area contributed by atoms with Crippen molar-refractivity contribution >= 4 is 17.5 Å². The Morgan fingerprint density at radius 1 is 1.30 bits per heavy atom. The molecular formula is C12H7N3O5. The molecule has 100 valence electrons. The molecule has 0 saturated carbocycles. The van der Waals surface area contributed by atoms with Gasteiger partial charge in [0.25, 0.3) is 5.89 Å². The Hall–Kier alpha value is -3.16. The highest BCUT2D eigenvalue weighted by Gasteiger charge is 2.16. The predicted octanol–water partition coefficient (Wildman–Crippen LogP) is 2.75. The summed E-state index contributed by atoms with van der Waals surface area (Å²) in [5, 5.41) is 18.0. The normalized spacial score (nSPS) is 11.7. The zero-order valence-electron chi connectivity index (χ0n) is 9.92. The van der Waals surface area contributed by atoms with Gasteiger partial charge in [0.2, 0.25) is 6.39 Å². The van der Waals surface area contributed by atoms with E-state index in [1.807, 2.05) is 0 Å². The molecule has 0 spiro atoms. The van der Waals surface area contributed by atoms with Gasteiger partial charge in [0, 0.05) is 0 Å². The van der Waals surface area contributed by atoms with Crippen LogP contribution in [0.3, 0.4) is 0 Å². The Morgan fingerprint density at radius 2 is 2.20 bits per heavy atom. The largest absolute Gasteiger partial charge is 0.464 e. The fourth-order valence-electron chi connectivity index (χ4n) is 1.62. The molecule has 0 unspecified atom stereocenters. The van der Waals surface area contributed by atoms with Crippen molar-refractivity contribution < 1.29 is 18.2 Å². The minimum absolute atomic E-state index is 0.221. The van der Waals surface area contributed by atoms with Crippen LogP contribution in [0.5, 0.6) is 0 Å². The molecule has 0 fully saturated rings. The molecule has 0 atom stereocenters. The molecule has 0 bridgehead atoms. The third-order valence-electron chi connectivity index (χ3n) is 2.46. The Kier molecular flexibility index (Phi) is 2.88. The van der Waals surface area contributed by atoms with E-state index in [4.69, 9.17) is 13.3 Å². The van der Waals surface area contributed by atoms with Crippen LogP contribution in [-0.4, -0.2) is 15.1 Å². The van der Waals surface area contributed by atoms with Crippen LogP contribution in [0.4, 0.5) is 5.88 Å². The second-order valence-corrected chi connectivity index (χ2v) is 3.71. The molecule has 0 N–H and O–H groups in total. The van der Waals surface area contributed by atoms with Crippen molar-refractivity contribution in [3.05, 3.63) is 64.4 Å². The number of nitrogens with zero attached hydrogens (tertiary/aromatic N) is 3. The van der Waals surface area contributed by atoms with Crippen LogP contribution in [0, 0.1) is 10.1 Å². The van der Waals surface area contributed by atoms with Gasteiger partial charge in [-0.2, -0.15) is 0 Å². The maximum Gasteiger partial charge on any atom is 0.433 e. The molecule has 8 heteroatoms. The highest BCUT2D eigenvalue weighted by Crippen LogP contribution is 2.26. The first kappa shape index (κ1) is 11.9.